The first-order chi connectivity index (χ1) is 13.7. The number of carbonyl (C=O) groups is 1. The fourth-order valence-corrected chi connectivity index (χ4v) is 3.40. The molecule has 3 aromatic heterocycles. The summed E-state index contributed by atoms with van der Waals surface area (Å²) in [6.45, 7) is 1.93. The molecule has 9 nitrogen and oxygen atoms in total. The fourth-order valence-electron chi connectivity index (χ4n) is 3.40. The highest BCUT2D eigenvalue weighted by Gasteiger charge is 2.27. The molecule has 1 aliphatic rings. The number of anilines is 2. The molecule has 0 radical (unpaired) electrons. The topological polar surface area (TPSA) is 115 Å². The molecule has 9 heteroatoms. The minimum atomic E-state index is -0.0124. The molecule has 144 valence electrons. The summed E-state index contributed by atoms with van der Waals surface area (Å²) in [5.41, 5.74) is 7.78. The predicted octanol–water partition coefficient (Wildman–Crippen LogP) is 1.17. The molecule has 3 aromatic rings. The van der Waals surface area contributed by atoms with Crippen LogP contribution in [0.25, 0.3) is 5.82 Å². The molecule has 0 spiro atoms. The van der Waals surface area contributed by atoms with Gasteiger partial charge in [0.1, 0.15) is 12.0 Å². The summed E-state index contributed by atoms with van der Waals surface area (Å²) in [4.78, 5) is 27.3. The number of aromatic nitrogens is 5. The normalized spacial score (nSPS) is 14.8. The van der Waals surface area contributed by atoms with Crippen LogP contribution >= 0.6 is 0 Å². The van der Waals surface area contributed by atoms with Crippen LogP contribution in [0.1, 0.15) is 18.4 Å². The number of nitrogens with one attached hydrogen (secondary N) is 1. The Hall–Kier alpha value is -3.49. The number of hydrogen-bond acceptors (Lipinski definition) is 7. The zero-order valence-corrected chi connectivity index (χ0v) is 15.4. The Morgan fingerprint density at radius 3 is 2.71 bits per heavy atom. The molecule has 28 heavy (non-hydrogen) atoms. The van der Waals surface area contributed by atoms with E-state index in [4.69, 9.17) is 5.73 Å². The van der Waals surface area contributed by atoms with E-state index in [2.05, 4.69) is 30.3 Å². The van der Waals surface area contributed by atoms with Gasteiger partial charge in [0.05, 0.1) is 0 Å². The van der Waals surface area contributed by atoms with E-state index in [9.17, 15) is 4.79 Å². The molecule has 0 unspecified atom stereocenters. The van der Waals surface area contributed by atoms with Gasteiger partial charge >= 0.3 is 0 Å². The van der Waals surface area contributed by atoms with E-state index in [1.165, 1.54) is 6.33 Å². The molecule has 0 saturated carbocycles. The maximum absolute atomic E-state index is 12.5. The molecule has 1 saturated heterocycles. The van der Waals surface area contributed by atoms with Crippen LogP contribution in [0.4, 0.5) is 11.5 Å². The van der Waals surface area contributed by atoms with Gasteiger partial charge in [0.2, 0.25) is 5.91 Å². The van der Waals surface area contributed by atoms with Gasteiger partial charge in [0, 0.05) is 50.3 Å². The molecular formula is C19H22N8O. The average molecular weight is 378 g/mol. The number of nitrogens with two attached hydrogens (primary N) is 1. The second kappa shape index (κ2) is 8.03. The summed E-state index contributed by atoms with van der Waals surface area (Å²) in [5, 5.41) is 7.19. The standard InChI is InChI=1S/C19H22N8O/c20-16-17(23-13-24-18(16)27-8-2-7-25-27)26-9-4-15(5-10-26)19(28)22-12-14-3-1-6-21-11-14/h1-3,6-8,11,13,15H,4-5,9-10,12,20H2,(H,22,28). The van der Waals surface area contributed by atoms with E-state index >= 15 is 0 Å². The lowest BCUT2D eigenvalue weighted by Crippen LogP contribution is -2.41. The van der Waals surface area contributed by atoms with Crippen molar-refractivity contribution >= 4 is 17.4 Å². The summed E-state index contributed by atoms with van der Waals surface area (Å²) < 4.78 is 1.62. The third-order valence-corrected chi connectivity index (χ3v) is 4.92. The van der Waals surface area contributed by atoms with Crippen LogP contribution in [0.15, 0.2) is 49.3 Å². The Morgan fingerprint density at radius 1 is 1.18 bits per heavy atom. The number of pyridine rings is 1. The van der Waals surface area contributed by atoms with Crippen molar-refractivity contribution in [1.29, 1.82) is 0 Å². The Bertz CT molecular complexity index is 920. The number of hydrogen-bond donors (Lipinski definition) is 2. The zero-order chi connectivity index (χ0) is 19.3. The van der Waals surface area contributed by atoms with Gasteiger partial charge in [0.15, 0.2) is 11.6 Å². The first-order valence-electron chi connectivity index (χ1n) is 9.24. The maximum Gasteiger partial charge on any atom is 0.223 e. The summed E-state index contributed by atoms with van der Waals surface area (Å²) in [6, 6.07) is 5.63. The van der Waals surface area contributed by atoms with Crippen molar-refractivity contribution in [1.82, 2.24) is 30.0 Å². The largest absolute Gasteiger partial charge is 0.393 e. The van der Waals surface area contributed by atoms with Gasteiger partial charge < -0.3 is 16.0 Å². The van der Waals surface area contributed by atoms with Crippen LogP contribution in [0.2, 0.25) is 0 Å². The van der Waals surface area contributed by atoms with Crippen molar-refractivity contribution in [2.24, 2.45) is 5.92 Å². The highest BCUT2D eigenvalue weighted by molar-refractivity contribution is 5.79. The summed E-state index contributed by atoms with van der Waals surface area (Å²) in [7, 11) is 0. The molecule has 1 amide bonds. The Kier molecular flexibility index (Phi) is 5.14. The first kappa shape index (κ1) is 17.9. The minimum absolute atomic E-state index is 0.0124. The van der Waals surface area contributed by atoms with Gasteiger partial charge in [-0.3, -0.25) is 9.78 Å². The number of amides is 1. The van der Waals surface area contributed by atoms with Gasteiger partial charge in [-0.2, -0.15) is 5.10 Å². The molecule has 0 atom stereocenters. The molecular weight excluding hydrogens is 356 g/mol. The highest BCUT2D eigenvalue weighted by atomic mass is 16.1. The fraction of sp³-hybridized carbons (Fsp3) is 0.316. The predicted molar refractivity (Wildman–Crippen MR) is 105 cm³/mol. The minimum Gasteiger partial charge on any atom is -0.393 e. The van der Waals surface area contributed by atoms with Crippen molar-refractivity contribution in [3.63, 3.8) is 0 Å². The van der Waals surface area contributed by atoms with E-state index in [0.29, 0.717) is 37.0 Å². The lowest BCUT2D eigenvalue weighted by Gasteiger charge is -2.32. The second-order valence-electron chi connectivity index (χ2n) is 6.73. The highest BCUT2D eigenvalue weighted by Crippen LogP contribution is 2.28. The monoisotopic (exact) mass is 378 g/mol. The van der Waals surface area contributed by atoms with Crippen molar-refractivity contribution in [2.75, 3.05) is 23.7 Å². The van der Waals surface area contributed by atoms with E-state index in [1.807, 2.05) is 18.2 Å². The van der Waals surface area contributed by atoms with Gasteiger partial charge in [0.25, 0.3) is 0 Å². The Labute approximate surface area is 162 Å². The van der Waals surface area contributed by atoms with Crippen molar-refractivity contribution in [2.45, 2.75) is 19.4 Å². The van der Waals surface area contributed by atoms with Crippen LogP contribution in [0.3, 0.4) is 0 Å². The van der Waals surface area contributed by atoms with Crippen molar-refractivity contribution in [3.8, 4) is 5.82 Å². The van der Waals surface area contributed by atoms with Gasteiger partial charge in [-0.15, -0.1) is 0 Å². The van der Waals surface area contributed by atoms with E-state index < -0.39 is 0 Å². The molecule has 4 rings (SSSR count). The van der Waals surface area contributed by atoms with Crippen LogP contribution in [0.5, 0.6) is 0 Å². The van der Waals surface area contributed by atoms with Gasteiger partial charge in [-0.25, -0.2) is 14.6 Å². The number of piperidine rings is 1. The first-order valence-corrected chi connectivity index (χ1v) is 9.24. The number of nitrogens with zero attached hydrogens (tertiary/aromatic N) is 6. The lowest BCUT2D eigenvalue weighted by molar-refractivity contribution is -0.125. The molecule has 4 heterocycles. The maximum atomic E-state index is 12.5. The number of carbonyl (C=O) groups excluding carboxylic acids is 1. The molecule has 1 aliphatic heterocycles. The average Bonchev–Trinajstić information content (AvgIpc) is 3.28. The van der Waals surface area contributed by atoms with E-state index in [-0.39, 0.29) is 11.8 Å². The molecule has 0 bridgehead atoms. The van der Waals surface area contributed by atoms with Gasteiger partial charge in [-0.1, -0.05) is 6.07 Å². The van der Waals surface area contributed by atoms with Crippen molar-refractivity contribution < 1.29 is 4.79 Å². The summed E-state index contributed by atoms with van der Waals surface area (Å²) in [5.74, 6) is 1.32. The van der Waals surface area contributed by atoms with E-state index in [0.717, 1.165) is 18.4 Å². The second-order valence-corrected chi connectivity index (χ2v) is 6.73. The van der Waals surface area contributed by atoms with Crippen LogP contribution < -0.4 is 16.0 Å². The zero-order valence-electron chi connectivity index (χ0n) is 15.4. The lowest BCUT2D eigenvalue weighted by atomic mass is 9.95. The molecule has 3 N–H and O–H groups in total. The van der Waals surface area contributed by atoms with Crippen LogP contribution in [0, 0.1) is 5.92 Å². The number of rotatable bonds is 5. The van der Waals surface area contributed by atoms with E-state index in [1.54, 1.807) is 29.5 Å². The van der Waals surface area contributed by atoms with Gasteiger partial charge in [-0.05, 0) is 30.5 Å². The van der Waals surface area contributed by atoms with Crippen LogP contribution in [-0.4, -0.2) is 43.7 Å². The molecule has 0 aromatic carbocycles. The number of nitrogen functional groups attached to an aromatic ring is 1. The van der Waals surface area contributed by atoms with Crippen LogP contribution in [-0.2, 0) is 11.3 Å². The van der Waals surface area contributed by atoms with Crippen molar-refractivity contribution in [3.05, 3.63) is 54.9 Å². The molecule has 0 aliphatic carbocycles. The third kappa shape index (κ3) is 3.78. The summed E-state index contributed by atoms with van der Waals surface area (Å²) >= 11 is 0. The quantitative estimate of drug-likeness (QED) is 0.685. The summed E-state index contributed by atoms with van der Waals surface area (Å²) in [6.07, 6.45) is 9.95. The molecule has 1 fully saturated rings. The SMILES string of the molecule is Nc1c(N2CCC(C(=O)NCc3cccnc3)CC2)ncnc1-n1cccn1. The Balaban J connectivity index is 1.37. The third-order valence-electron chi connectivity index (χ3n) is 4.92. The smallest absolute Gasteiger partial charge is 0.223 e. The Morgan fingerprint density at radius 2 is 2.00 bits per heavy atom.